The third kappa shape index (κ3) is 4.07. The van der Waals surface area contributed by atoms with Crippen molar-refractivity contribution in [2.24, 2.45) is 0 Å². The van der Waals surface area contributed by atoms with E-state index in [1.54, 1.807) is 0 Å². The Bertz CT molecular complexity index is 1010. The first-order valence-electron chi connectivity index (χ1n) is 9.89. The first-order valence-corrected chi connectivity index (χ1v) is 9.89. The number of hydrogen-bond donors (Lipinski definition) is 3. The lowest BCUT2D eigenvalue weighted by Gasteiger charge is -2.20. The molecule has 1 unspecified atom stereocenters. The molecule has 1 saturated heterocycles. The molecule has 160 valence electrons. The van der Waals surface area contributed by atoms with Crippen molar-refractivity contribution in [2.45, 2.75) is 24.8 Å². The van der Waals surface area contributed by atoms with Gasteiger partial charge in [0.05, 0.1) is 6.42 Å². The number of ether oxygens (including phenoxy) is 1. The van der Waals surface area contributed by atoms with Crippen molar-refractivity contribution in [3.63, 3.8) is 0 Å². The van der Waals surface area contributed by atoms with Crippen molar-refractivity contribution in [3.8, 4) is 11.1 Å². The third-order valence-electron chi connectivity index (χ3n) is 5.44. The highest BCUT2D eigenvalue weighted by Gasteiger charge is 2.38. The smallest absolute Gasteiger partial charge is 0.407 e. The van der Waals surface area contributed by atoms with Crippen LogP contribution in [0.3, 0.4) is 0 Å². The second-order valence-electron chi connectivity index (χ2n) is 7.36. The van der Waals surface area contributed by atoms with Gasteiger partial charge in [-0.3, -0.25) is 15.0 Å². The van der Waals surface area contributed by atoms with Gasteiger partial charge in [-0.1, -0.05) is 48.5 Å². The highest BCUT2D eigenvalue weighted by atomic mass is 16.5. The number of fused-ring (bicyclic) bond motifs is 3. The first-order chi connectivity index (χ1) is 15.0. The standard InChI is InChI=1S/C22H21N3O6/c26-19-11-18(21(28)29)25(24-19)20(27)9-10-23-22(30)31-12-17-15-7-3-1-5-13(15)14-6-2-4-8-16(14)17/h1-8,17-18H,9-12H2,(H,23,30)(H,24,26)(H,28,29). The molecule has 1 fully saturated rings. The molecule has 0 radical (unpaired) electrons. The Hall–Kier alpha value is -3.88. The highest BCUT2D eigenvalue weighted by Crippen LogP contribution is 2.44. The van der Waals surface area contributed by atoms with Crippen LogP contribution in [-0.4, -0.2) is 53.2 Å². The second-order valence-corrected chi connectivity index (χ2v) is 7.36. The summed E-state index contributed by atoms with van der Waals surface area (Å²) in [6.07, 6.45) is -1.13. The van der Waals surface area contributed by atoms with Gasteiger partial charge in [-0.2, -0.15) is 0 Å². The zero-order chi connectivity index (χ0) is 22.0. The Balaban J connectivity index is 1.29. The van der Waals surface area contributed by atoms with E-state index in [9.17, 15) is 19.2 Å². The van der Waals surface area contributed by atoms with E-state index in [4.69, 9.17) is 9.84 Å². The molecular formula is C22H21N3O6. The summed E-state index contributed by atoms with van der Waals surface area (Å²) >= 11 is 0. The van der Waals surface area contributed by atoms with Crippen LogP contribution in [0.2, 0.25) is 0 Å². The van der Waals surface area contributed by atoms with Crippen LogP contribution in [0, 0.1) is 0 Å². The van der Waals surface area contributed by atoms with E-state index < -0.39 is 29.9 Å². The van der Waals surface area contributed by atoms with Gasteiger partial charge < -0.3 is 15.2 Å². The summed E-state index contributed by atoms with van der Waals surface area (Å²) in [7, 11) is 0. The van der Waals surface area contributed by atoms with E-state index >= 15 is 0 Å². The number of rotatable bonds is 6. The summed E-state index contributed by atoms with van der Waals surface area (Å²) in [5.74, 6) is -2.48. The Labute approximate surface area is 178 Å². The average Bonchev–Trinajstić information content (AvgIpc) is 3.31. The maximum Gasteiger partial charge on any atom is 0.407 e. The predicted octanol–water partition coefficient (Wildman–Crippen LogP) is 1.63. The van der Waals surface area contributed by atoms with Crippen LogP contribution in [-0.2, 0) is 19.1 Å². The van der Waals surface area contributed by atoms with Gasteiger partial charge in [0.15, 0.2) is 6.04 Å². The molecule has 1 aliphatic heterocycles. The molecule has 9 nitrogen and oxygen atoms in total. The topological polar surface area (TPSA) is 125 Å². The molecule has 31 heavy (non-hydrogen) atoms. The van der Waals surface area contributed by atoms with Gasteiger partial charge >= 0.3 is 12.1 Å². The zero-order valence-corrected chi connectivity index (χ0v) is 16.5. The third-order valence-corrected chi connectivity index (χ3v) is 5.44. The number of nitrogens with one attached hydrogen (secondary N) is 2. The first kappa shape index (κ1) is 20.4. The summed E-state index contributed by atoms with van der Waals surface area (Å²) in [5.41, 5.74) is 6.66. The Morgan fingerprint density at radius 3 is 2.29 bits per heavy atom. The van der Waals surface area contributed by atoms with Crippen LogP contribution in [0.25, 0.3) is 11.1 Å². The number of nitrogens with zero attached hydrogens (tertiary/aromatic N) is 1. The van der Waals surface area contributed by atoms with E-state index in [0.717, 1.165) is 27.3 Å². The number of aliphatic carboxylic acids is 1. The van der Waals surface area contributed by atoms with Crippen molar-refractivity contribution in [1.82, 2.24) is 15.8 Å². The van der Waals surface area contributed by atoms with E-state index in [2.05, 4.69) is 10.7 Å². The average molecular weight is 423 g/mol. The maximum atomic E-state index is 12.2. The molecule has 2 aliphatic rings. The molecule has 0 bridgehead atoms. The lowest BCUT2D eigenvalue weighted by molar-refractivity contribution is -0.150. The van der Waals surface area contributed by atoms with Crippen LogP contribution in [0.4, 0.5) is 4.79 Å². The molecule has 2 aromatic rings. The van der Waals surface area contributed by atoms with Crippen molar-refractivity contribution < 1.29 is 29.0 Å². The number of carbonyl (C=O) groups excluding carboxylic acids is 3. The van der Waals surface area contributed by atoms with Gasteiger partial charge in [-0.15, -0.1) is 0 Å². The van der Waals surface area contributed by atoms with Crippen molar-refractivity contribution >= 4 is 23.9 Å². The van der Waals surface area contributed by atoms with Gasteiger partial charge in [0.2, 0.25) is 11.8 Å². The number of alkyl carbamates (subject to hydrolysis) is 1. The van der Waals surface area contributed by atoms with Crippen molar-refractivity contribution in [3.05, 3.63) is 59.7 Å². The normalized spacial score (nSPS) is 17.0. The minimum Gasteiger partial charge on any atom is -0.480 e. The number of carbonyl (C=O) groups is 4. The quantitative estimate of drug-likeness (QED) is 0.649. The summed E-state index contributed by atoms with van der Waals surface area (Å²) in [5, 5.41) is 12.4. The Morgan fingerprint density at radius 1 is 1.06 bits per heavy atom. The zero-order valence-electron chi connectivity index (χ0n) is 16.5. The summed E-state index contributed by atoms with van der Waals surface area (Å²) in [6, 6.07) is 14.7. The van der Waals surface area contributed by atoms with E-state index in [0.29, 0.717) is 0 Å². The fraction of sp³-hybridized carbons (Fsp3) is 0.273. The molecule has 3 amide bonds. The molecular weight excluding hydrogens is 402 g/mol. The summed E-state index contributed by atoms with van der Waals surface area (Å²) in [4.78, 5) is 46.9. The maximum absolute atomic E-state index is 12.2. The van der Waals surface area contributed by atoms with Gasteiger partial charge in [0.1, 0.15) is 6.61 Å². The Morgan fingerprint density at radius 2 is 1.68 bits per heavy atom. The largest absolute Gasteiger partial charge is 0.480 e. The fourth-order valence-corrected chi connectivity index (χ4v) is 4.00. The van der Waals surface area contributed by atoms with Gasteiger partial charge in [-0.25, -0.2) is 14.6 Å². The number of hydrogen-bond acceptors (Lipinski definition) is 5. The van der Waals surface area contributed by atoms with Crippen LogP contribution in [0.5, 0.6) is 0 Å². The molecule has 0 aromatic heterocycles. The molecule has 1 heterocycles. The van der Waals surface area contributed by atoms with Crippen molar-refractivity contribution in [1.29, 1.82) is 0 Å². The number of benzene rings is 2. The van der Waals surface area contributed by atoms with Crippen LogP contribution in [0.1, 0.15) is 29.9 Å². The molecule has 1 atom stereocenters. The molecule has 4 rings (SSSR count). The second kappa shape index (κ2) is 8.47. The lowest BCUT2D eigenvalue weighted by atomic mass is 9.98. The molecule has 2 aromatic carbocycles. The monoisotopic (exact) mass is 423 g/mol. The minimum atomic E-state index is -1.27. The summed E-state index contributed by atoms with van der Waals surface area (Å²) < 4.78 is 5.38. The van der Waals surface area contributed by atoms with Crippen LogP contribution < -0.4 is 10.7 Å². The van der Waals surface area contributed by atoms with Crippen LogP contribution in [0.15, 0.2) is 48.5 Å². The molecule has 3 N–H and O–H groups in total. The van der Waals surface area contributed by atoms with E-state index in [-0.39, 0.29) is 31.9 Å². The highest BCUT2D eigenvalue weighted by molar-refractivity contribution is 5.93. The van der Waals surface area contributed by atoms with Gasteiger partial charge in [0, 0.05) is 18.9 Å². The van der Waals surface area contributed by atoms with E-state index in [1.165, 1.54) is 0 Å². The number of carboxylic acids is 1. The number of carboxylic acid groups (broad SMARTS) is 1. The fourth-order valence-electron chi connectivity index (χ4n) is 4.00. The van der Waals surface area contributed by atoms with Crippen molar-refractivity contribution in [2.75, 3.05) is 13.2 Å². The van der Waals surface area contributed by atoms with Crippen LogP contribution >= 0.6 is 0 Å². The number of amides is 3. The molecule has 0 saturated carbocycles. The van der Waals surface area contributed by atoms with Gasteiger partial charge in [-0.05, 0) is 22.3 Å². The Kier molecular flexibility index (Phi) is 5.57. The number of hydrazine groups is 1. The summed E-state index contributed by atoms with van der Waals surface area (Å²) in [6.45, 7) is 0.102. The molecule has 1 aliphatic carbocycles. The minimum absolute atomic E-state index is 0.0474. The molecule has 9 heteroatoms. The lowest BCUT2D eigenvalue weighted by Crippen LogP contribution is -2.47. The van der Waals surface area contributed by atoms with E-state index in [1.807, 2.05) is 48.5 Å². The van der Waals surface area contributed by atoms with Gasteiger partial charge in [0.25, 0.3) is 0 Å². The SMILES string of the molecule is O=C1CC(C(=O)O)N(C(=O)CCNC(=O)OCC2c3ccccc3-c3ccccc32)N1. The predicted molar refractivity (Wildman–Crippen MR) is 109 cm³/mol. The molecule has 0 spiro atoms.